The van der Waals surface area contributed by atoms with Gasteiger partial charge in [0.15, 0.2) is 0 Å². The summed E-state index contributed by atoms with van der Waals surface area (Å²) >= 11 is 5.71. The molecule has 0 aliphatic heterocycles. The van der Waals surface area contributed by atoms with Gasteiger partial charge in [0.2, 0.25) is 0 Å². The van der Waals surface area contributed by atoms with Gasteiger partial charge in [0.25, 0.3) is 0 Å². The molecule has 0 saturated heterocycles. The van der Waals surface area contributed by atoms with Crippen molar-refractivity contribution < 1.29 is 9.90 Å². The molecule has 0 aliphatic rings. The molecule has 0 saturated carbocycles. The molecule has 3 N–H and O–H groups in total. The number of aromatic nitrogens is 1. The Morgan fingerprint density at radius 2 is 1.91 bits per heavy atom. The van der Waals surface area contributed by atoms with E-state index in [1.807, 2.05) is 24.3 Å². The lowest BCUT2D eigenvalue weighted by molar-refractivity contribution is 0.216. The minimum absolute atomic E-state index is 0.165. The van der Waals surface area contributed by atoms with Crippen LogP contribution in [-0.4, -0.2) is 22.7 Å². The molecule has 6 heteroatoms. The number of halogens is 1. The van der Waals surface area contributed by atoms with E-state index in [1.165, 1.54) is 5.56 Å². The number of urea groups is 1. The van der Waals surface area contributed by atoms with Gasteiger partial charge >= 0.3 is 6.03 Å². The van der Waals surface area contributed by atoms with Crippen LogP contribution in [0.2, 0.25) is 5.15 Å². The van der Waals surface area contributed by atoms with E-state index in [1.54, 1.807) is 18.3 Å². The van der Waals surface area contributed by atoms with Crippen LogP contribution >= 0.6 is 11.6 Å². The lowest BCUT2D eigenvalue weighted by atomic mass is 10.0. The first-order valence-corrected chi connectivity index (χ1v) is 7.84. The van der Waals surface area contributed by atoms with Crippen molar-refractivity contribution in [3.63, 3.8) is 0 Å². The number of aryl methyl sites for hydroxylation is 1. The molecule has 2 rings (SSSR count). The summed E-state index contributed by atoms with van der Waals surface area (Å²) in [5.74, 6) is 0. The van der Waals surface area contributed by atoms with Crippen LogP contribution in [0.25, 0.3) is 0 Å². The first-order chi connectivity index (χ1) is 11.1. The van der Waals surface area contributed by atoms with E-state index >= 15 is 0 Å². The maximum absolute atomic E-state index is 12.0. The summed E-state index contributed by atoms with van der Waals surface area (Å²) < 4.78 is 0. The molecule has 0 radical (unpaired) electrons. The van der Waals surface area contributed by atoms with Crippen LogP contribution in [0, 0.1) is 0 Å². The Bertz CT molecular complexity index is 629. The Hall–Kier alpha value is -2.11. The van der Waals surface area contributed by atoms with Gasteiger partial charge in [0.1, 0.15) is 5.15 Å². The molecular weight excluding hydrogens is 314 g/mol. The van der Waals surface area contributed by atoms with Crippen LogP contribution in [0.5, 0.6) is 0 Å². The number of carbonyl (C=O) groups excluding carboxylic acids is 1. The molecule has 122 valence electrons. The zero-order chi connectivity index (χ0) is 16.7. The highest BCUT2D eigenvalue weighted by atomic mass is 35.5. The highest BCUT2D eigenvalue weighted by molar-refractivity contribution is 6.29. The highest BCUT2D eigenvalue weighted by Crippen LogP contribution is 2.14. The number of pyridine rings is 1. The van der Waals surface area contributed by atoms with Crippen molar-refractivity contribution in [3.05, 3.63) is 64.4 Å². The largest absolute Gasteiger partial charge is 0.394 e. The Morgan fingerprint density at radius 3 is 2.48 bits per heavy atom. The third-order valence-corrected chi connectivity index (χ3v) is 3.74. The number of carbonyl (C=O) groups is 1. The van der Waals surface area contributed by atoms with Gasteiger partial charge < -0.3 is 15.7 Å². The maximum Gasteiger partial charge on any atom is 0.315 e. The minimum Gasteiger partial charge on any atom is -0.394 e. The van der Waals surface area contributed by atoms with Crippen LogP contribution in [-0.2, 0) is 13.0 Å². The Balaban J connectivity index is 1.89. The van der Waals surface area contributed by atoms with Crippen molar-refractivity contribution in [3.8, 4) is 0 Å². The summed E-state index contributed by atoms with van der Waals surface area (Å²) in [5.41, 5.74) is 2.93. The summed E-state index contributed by atoms with van der Waals surface area (Å²) in [6.45, 7) is 2.25. The number of amides is 2. The summed E-state index contributed by atoms with van der Waals surface area (Å²) in [4.78, 5) is 15.9. The van der Waals surface area contributed by atoms with E-state index in [4.69, 9.17) is 11.6 Å². The van der Waals surface area contributed by atoms with Crippen molar-refractivity contribution in [2.45, 2.75) is 25.9 Å². The predicted octanol–water partition coefficient (Wildman–Crippen LogP) is 2.83. The number of nitrogens with zero attached hydrogens (tertiary/aromatic N) is 1. The van der Waals surface area contributed by atoms with Gasteiger partial charge in [-0.1, -0.05) is 48.9 Å². The molecule has 2 amide bonds. The average molecular weight is 334 g/mol. The summed E-state index contributed by atoms with van der Waals surface area (Å²) in [6, 6.07) is 10.5. The molecule has 5 nitrogen and oxygen atoms in total. The number of aliphatic hydroxyl groups excluding tert-OH is 1. The first-order valence-electron chi connectivity index (χ1n) is 7.47. The van der Waals surface area contributed by atoms with Crippen LogP contribution in [0.3, 0.4) is 0 Å². The normalized spacial score (nSPS) is 11.8. The van der Waals surface area contributed by atoms with Crippen molar-refractivity contribution in [2.24, 2.45) is 0 Å². The number of benzene rings is 1. The zero-order valence-electron chi connectivity index (χ0n) is 12.9. The van der Waals surface area contributed by atoms with Gasteiger partial charge in [-0.15, -0.1) is 0 Å². The molecule has 0 aliphatic carbocycles. The molecule has 1 aromatic carbocycles. The second kappa shape index (κ2) is 8.50. The molecule has 23 heavy (non-hydrogen) atoms. The van der Waals surface area contributed by atoms with Crippen molar-refractivity contribution in [1.29, 1.82) is 0 Å². The fourth-order valence-corrected chi connectivity index (χ4v) is 2.23. The van der Waals surface area contributed by atoms with Gasteiger partial charge in [-0.2, -0.15) is 0 Å². The highest BCUT2D eigenvalue weighted by Gasteiger charge is 2.13. The Labute approximate surface area is 140 Å². The molecule has 1 unspecified atom stereocenters. The van der Waals surface area contributed by atoms with Gasteiger partial charge in [-0.3, -0.25) is 0 Å². The monoisotopic (exact) mass is 333 g/mol. The summed E-state index contributed by atoms with van der Waals surface area (Å²) in [7, 11) is 0. The predicted molar refractivity (Wildman–Crippen MR) is 90.3 cm³/mol. The fourth-order valence-electron chi connectivity index (χ4n) is 2.12. The quantitative estimate of drug-likeness (QED) is 0.712. The molecule has 1 atom stereocenters. The van der Waals surface area contributed by atoms with Crippen molar-refractivity contribution in [1.82, 2.24) is 15.6 Å². The van der Waals surface area contributed by atoms with E-state index in [2.05, 4.69) is 22.5 Å². The summed E-state index contributed by atoms with van der Waals surface area (Å²) in [5, 5.41) is 15.4. The SMILES string of the molecule is CCc1ccc(C(CO)NC(=O)NCc2ccc(Cl)nc2)cc1. The standard InChI is InChI=1S/C17H20ClN3O2/c1-2-12-3-6-14(7-4-12)15(11-22)21-17(23)20-10-13-5-8-16(18)19-9-13/h3-9,15,22H,2,10-11H2,1H3,(H2,20,21,23). The lowest BCUT2D eigenvalue weighted by Gasteiger charge is -2.17. The number of rotatable bonds is 6. The molecule has 0 bridgehead atoms. The van der Waals surface area contributed by atoms with Gasteiger partial charge in [-0.05, 0) is 29.2 Å². The van der Waals surface area contributed by atoms with Crippen LogP contribution < -0.4 is 10.6 Å². The van der Waals surface area contributed by atoms with Gasteiger partial charge in [-0.25, -0.2) is 9.78 Å². The third kappa shape index (κ3) is 5.23. The van der Waals surface area contributed by atoms with Crippen LogP contribution in [0.1, 0.15) is 29.7 Å². The third-order valence-electron chi connectivity index (χ3n) is 3.52. The van der Waals surface area contributed by atoms with E-state index in [9.17, 15) is 9.90 Å². The van der Waals surface area contributed by atoms with Gasteiger partial charge in [0, 0.05) is 12.7 Å². The van der Waals surface area contributed by atoms with E-state index in [0.29, 0.717) is 11.7 Å². The van der Waals surface area contributed by atoms with Crippen molar-refractivity contribution >= 4 is 17.6 Å². The van der Waals surface area contributed by atoms with Gasteiger partial charge in [0.05, 0.1) is 12.6 Å². The van der Waals surface area contributed by atoms with Crippen molar-refractivity contribution in [2.75, 3.05) is 6.61 Å². The lowest BCUT2D eigenvalue weighted by Crippen LogP contribution is -2.38. The molecule has 1 heterocycles. The smallest absolute Gasteiger partial charge is 0.315 e. The Kier molecular flexibility index (Phi) is 6.38. The Morgan fingerprint density at radius 1 is 1.22 bits per heavy atom. The number of nitrogens with one attached hydrogen (secondary N) is 2. The summed E-state index contributed by atoms with van der Waals surface area (Å²) in [6.07, 6.45) is 2.56. The molecule has 2 aromatic rings. The zero-order valence-corrected chi connectivity index (χ0v) is 13.7. The topological polar surface area (TPSA) is 74.2 Å². The second-order valence-electron chi connectivity index (χ2n) is 5.15. The second-order valence-corrected chi connectivity index (χ2v) is 5.53. The molecular formula is C17H20ClN3O2. The molecule has 1 aromatic heterocycles. The minimum atomic E-state index is -0.441. The van der Waals surface area contributed by atoms with E-state index in [0.717, 1.165) is 17.5 Å². The van der Waals surface area contributed by atoms with E-state index < -0.39 is 6.04 Å². The average Bonchev–Trinajstić information content (AvgIpc) is 2.59. The van der Waals surface area contributed by atoms with E-state index in [-0.39, 0.29) is 12.6 Å². The molecule has 0 fully saturated rings. The van der Waals surface area contributed by atoms with Crippen LogP contribution in [0.15, 0.2) is 42.6 Å². The number of hydrogen-bond donors (Lipinski definition) is 3. The number of aliphatic hydroxyl groups is 1. The number of hydrogen-bond acceptors (Lipinski definition) is 3. The first kappa shape index (κ1) is 17.2. The molecule has 0 spiro atoms. The maximum atomic E-state index is 12.0. The fraction of sp³-hybridized carbons (Fsp3) is 0.294. The van der Waals surface area contributed by atoms with Crippen LogP contribution in [0.4, 0.5) is 4.79 Å².